The van der Waals surface area contributed by atoms with Gasteiger partial charge in [0, 0.05) is 64.1 Å². The minimum absolute atomic E-state index is 0.220. The molecule has 0 spiro atoms. The number of piperidine rings is 1. The lowest BCUT2D eigenvalue weighted by atomic mass is 10.1. The molecule has 2 heterocycles. The zero-order valence-electron chi connectivity index (χ0n) is 18.1. The zero-order chi connectivity index (χ0) is 21.2. The van der Waals surface area contributed by atoms with Gasteiger partial charge in [0.25, 0.3) is 0 Å². The molecule has 2 saturated heterocycles. The van der Waals surface area contributed by atoms with Gasteiger partial charge < -0.3 is 25.6 Å². The Morgan fingerprint density at radius 1 is 1.13 bits per heavy atom. The van der Waals surface area contributed by atoms with Gasteiger partial charge in [-0.25, -0.2) is 4.79 Å². The number of ether oxygens (including phenoxy) is 1. The van der Waals surface area contributed by atoms with Crippen molar-refractivity contribution in [3.8, 4) is 0 Å². The Hall–Kier alpha value is -2.48. The number of nitrogens with zero attached hydrogens (tertiary/aromatic N) is 4. The zero-order valence-corrected chi connectivity index (χ0v) is 18.1. The number of aliphatic imine (C=N–C) groups is 1. The number of piperazine rings is 1. The number of hydrogen-bond donors (Lipinski definition) is 2. The second-order valence-corrected chi connectivity index (χ2v) is 7.89. The number of nitrogens with two attached hydrogens (primary N) is 1. The van der Waals surface area contributed by atoms with Crippen molar-refractivity contribution in [3.05, 3.63) is 30.3 Å². The van der Waals surface area contributed by atoms with Gasteiger partial charge in [0.2, 0.25) is 0 Å². The topological polar surface area (TPSA) is 86.4 Å². The molecule has 2 aliphatic rings. The number of carbonyl (C=O) groups is 1. The Kier molecular flexibility index (Phi) is 8.62. The van der Waals surface area contributed by atoms with E-state index in [-0.39, 0.29) is 12.1 Å². The predicted molar refractivity (Wildman–Crippen MR) is 121 cm³/mol. The maximum absolute atomic E-state index is 11.8. The number of carbonyl (C=O) groups excluding carboxylic acids is 1. The van der Waals surface area contributed by atoms with E-state index in [4.69, 9.17) is 10.5 Å². The molecule has 1 aromatic carbocycles. The highest BCUT2D eigenvalue weighted by molar-refractivity contribution is 5.78. The first-order valence-electron chi connectivity index (χ1n) is 11.2. The van der Waals surface area contributed by atoms with Crippen molar-refractivity contribution < 1.29 is 9.53 Å². The van der Waals surface area contributed by atoms with E-state index in [0.29, 0.717) is 25.7 Å². The molecule has 30 heavy (non-hydrogen) atoms. The lowest BCUT2D eigenvalue weighted by molar-refractivity contribution is 0.0963. The van der Waals surface area contributed by atoms with Crippen LogP contribution >= 0.6 is 0 Å². The third kappa shape index (κ3) is 6.79. The van der Waals surface area contributed by atoms with E-state index in [1.54, 1.807) is 4.90 Å². The van der Waals surface area contributed by atoms with Crippen LogP contribution in [0.4, 0.5) is 10.5 Å². The number of hydrogen-bond acceptors (Lipinski definition) is 5. The van der Waals surface area contributed by atoms with Crippen LogP contribution in [0.2, 0.25) is 0 Å². The second-order valence-electron chi connectivity index (χ2n) is 7.89. The van der Waals surface area contributed by atoms with Gasteiger partial charge in [0.05, 0.1) is 6.61 Å². The fourth-order valence-electron chi connectivity index (χ4n) is 4.04. The Bertz CT molecular complexity index is 667. The summed E-state index contributed by atoms with van der Waals surface area (Å²) in [5.41, 5.74) is 7.38. The summed E-state index contributed by atoms with van der Waals surface area (Å²) in [6.07, 6.45) is 2.51. The lowest BCUT2D eigenvalue weighted by Gasteiger charge is -2.36. The molecule has 0 bridgehead atoms. The number of guanidine groups is 1. The van der Waals surface area contributed by atoms with Crippen LogP contribution in [0.1, 0.15) is 26.2 Å². The van der Waals surface area contributed by atoms with Gasteiger partial charge in [-0.2, -0.15) is 0 Å². The van der Waals surface area contributed by atoms with E-state index in [2.05, 4.69) is 50.4 Å². The van der Waals surface area contributed by atoms with Crippen molar-refractivity contribution in [1.29, 1.82) is 0 Å². The van der Waals surface area contributed by atoms with Gasteiger partial charge in [-0.15, -0.1) is 0 Å². The largest absolute Gasteiger partial charge is 0.450 e. The van der Waals surface area contributed by atoms with Gasteiger partial charge in [-0.3, -0.25) is 9.89 Å². The average Bonchev–Trinajstić information content (AvgIpc) is 2.78. The molecule has 8 heteroatoms. The molecule has 1 amide bonds. The summed E-state index contributed by atoms with van der Waals surface area (Å²) in [6, 6.07) is 10.9. The molecule has 0 aliphatic carbocycles. The highest BCUT2D eigenvalue weighted by Crippen LogP contribution is 2.15. The molecule has 166 valence electrons. The number of benzene rings is 1. The molecule has 0 unspecified atom stereocenters. The third-order valence-electron chi connectivity index (χ3n) is 5.78. The first kappa shape index (κ1) is 22.2. The average molecular weight is 417 g/mol. The molecule has 0 aromatic heterocycles. The maximum atomic E-state index is 11.8. The van der Waals surface area contributed by atoms with Crippen LogP contribution in [-0.2, 0) is 4.74 Å². The monoisotopic (exact) mass is 416 g/mol. The molecular weight excluding hydrogens is 380 g/mol. The summed E-state index contributed by atoms with van der Waals surface area (Å²) in [6.45, 7) is 9.74. The van der Waals surface area contributed by atoms with Gasteiger partial charge in [0.1, 0.15) is 0 Å². The van der Waals surface area contributed by atoms with Crippen LogP contribution in [-0.4, -0.2) is 86.9 Å². The Morgan fingerprint density at radius 2 is 1.83 bits per heavy atom. The van der Waals surface area contributed by atoms with Crippen molar-refractivity contribution in [2.24, 2.45) is 10.7 Å². The van der Waals surface area contributed by atoms with E-state index in [1.165, 1.54) is 5.69 Å². The van der Waals surface area contributed by atoms with Crippen LogP contribution in [0.25, 0.3) is 0 Å². The summed E-state index contributed by atoms with van der Waals surface area (Å²) >= 11 is 0. The normalized spacial score (nSPS) is 19.0. The van der Waals surface area contributed by atoms with E-state index in [1.807, 2.05) is 6.92 Å². The van der Waals surface area contributed by atoms with Crippen molar-refractivity contribution in [2.75, 3.05) is 63.9 Å². The number of likely N-dealkylation sites (tertiary alicyclic amines) is 1. The highest BCUT2D eigenvalue weighted by Gasteiger charge is 2.23. The smallest absolute Gasteiger partial charge is 0.409 e. The van der Waals surface area contributed by atoms with Crippen LogP contribution < -0.4 is 16.0 Å². The molecule has 0 saturated carbocycles. The summed E-state index contributed by atoms with van der Waals surface area (Å²) < 4.78 is 5.05. The van der Waals surface area contributed by atoms with Crippen molar-refractivity contribution in [1.82, 2.24) is 15.1 Å². The molecule has 1 aromatic rings. The number of amides is 1. The van der Waals surface area contributed by atoms with Gasteiger partial charge in [-0.1, -0.05) is 18.2 Å². The van der Waals surface area contributed by atoms with Crippen LogP contribution in [0, 0.1) is 0 Å². The van der Waals surface area contributed by atoms with E-state index in [9.17, 15) is 4.79 Å². The quantitative estimate of drug-likeness (QED) is 0.400. The lowest BCUT2D eigenvalue weighted by Crippen LogP contribution is -2.48. The van der Waals surface area contributed by atoms with Gasteiger partial charge in [0.15, 0.2) is 5.96 Å². The molecule has 3 rings (SSSR count). The van der Waals surface area contributed by atoms with Crippen LogP contribution in [0.15, 0.2) is 35.3 Å². The molecule has 0 radical (unpaired) electrons. The van der Waals surface area contributed by atoms with Crippen LogP contribution in [0.5, 0.6) is 0 Å². The number of anilines is 1. The first-order valence-corrected chi connectivity index (χ1v) is 11.2. The standard InChI is InChI=1S/C22H36N6O2/c1-2-30-22(29)28-13-9-19(10-14-28)25-21(23)24-11-6-12-26-15-17-27(18-16-26)20-7-4-3-5-8-20/h3-5,7-8,19H,2,6,9-18H2,1H3,(H3,23,24,25). The van der Waals surface area contributed by atoms with Gasteiger partial charge >= 0.3 is 6.09 Å². The fourth-order valence-corrected chi connectivity index (χ4v) is 4.04. The van der Waals surface area contributed by atoms with Crippen molar-refractivity contribution in [3.63, 3.8) is 0 Å². The Morgan fingerprint density at radius 3 is 2.50 bits per heavy atom. The summed E-state index contributed by atoms with van der Waals surface area (Å²) in [5, 5.41) is 3.30. The molecule has 2 aliphatic heterocycles. The predicted octanol–water partition coefficient (Wildman–Crippen LogP) is 1.72. The maximum Gasteiger partial charge on any atom is 0.409 e. The Balaban J connectivity index is 1.28. The fraction of sp³-hybridized carbons (Fsp3) is 0.636. The second kappa shape index (κ2) is 11.6. The first-order chi connectivity index (χ1) is 14.7. The summed E-state index contributed by atoms with van der Waals surface area (Å²) in [4.78, 5) is 22.9. The molecule has 2 fully saturated rings. The molecular formula is C22H36N6O2. The number of rotatable bonds is 7. The highest BCUT2D eigenvalue weighted by atomic mass is 16.6. The third-order valence-corrected chi connectivity index (χ3v) is 5.78. The van der Waals surface area contributed by atoms with Crippen molar-refractivity contribution >= 4 is 17.7 Å². The van der Waals surface area contributed by atoms with Crippen LogP contribution in [0.3, 0.4) is 0 Å². The number of nitrogens with one attached hydrogen (secondary N) is 1. The Labute approximate surface area is 180 Å². The summed E-state index contributed by atoms with van der Waals surface area (Å²) in [5.74, 6) is 0.512. The van der Waals surface area contributed by atoms with E-state index >= 15 is 0 Å². The van der Waals surface area contributed by atoms with Crippen molar-refractivity contribution in [2.45, 2.75) is 32.2 Å². The van der Waals surface area contributed by atoms with Gasteiger partial charge in [-0.05, 0) is 38.3 Å². The summed E-state index contributed by atoms with van der Waals surface area (Å²) in [7, 11) is 0. The minimum atomic E-state index is -0.220. The minimum Gasteiger partial charge on any atom is -0.450 e. The molecule has 0 atom stereocenters. The van der Waals surface area contributed by atoms with E-state index < -0.39 is 0 Å². The molecule has 3 N–H and O–H groups in total. The number of para-hydroxylation sites is 1. The molecule has 8 nitrogen and oxygen atoms in total. The van der Waals surface area contributed by atoms with E-state index in [0.717, 1.165) is 58.5 Å². The SMILES string of the molecule is CCOC(=O)N1CCC(NC(N)=NCCCN2CCN(c3ccccc3)CC2)CC1.